The van der Waals surface area contributed by atoms with E-state index >= 15 is 0 Å². The fourth-order valence-electron chi connectivity index (χ4n) is 0. The first-order chi connectivity index (χ1) is 1.73. The third-order valence-corrected chi connectivity index (χ3v) is 0. The van der Waals surface area contributed by atoms with Crippen molar-refractivity contribution in [1.29, 1.82) is 0 Å². The predicted molar refractivity (Wildman–Crippen MR) is 22.8 cm³/mol. The zero-order valence-corrected chi connectivity index (χ0v) is 2.47. The minimum atomic E-state index is -1.17. The summed E-state index contributed by atoms with van der Waals surface area (Å²) in [5.74, 6) is 0. The van der Waals surface area contributed by atoms with Crippen molar-refractivity contribution in [3.05, 3.63) is 0 Å². The average molecular weight is 75.9 g/mol. The zero-order valence-electron chi connectivity index (χ0n) is 2.47. The van der Waals surface area contributed by atoms with E-state index in [0.717, 1.165) is 0 Å². The van der Waals surface area contributed by atoms with Gasteiger partial charge in [0, 0.05) is 0 Å². The monoisotopic (exact) mass is 76.1 g/mol. The molecule has 0 heterocycles. The highest BCUT2D eigenvalue weighted by atomic mass is 16.4. The van der Waals surface area contributed by atoms with E-state index in [1.165, 1.54) is 6.82 Å². The van der Waals surface area contributed by atoms with Gasteiger partial charge in [0.15, 0.2) is 0 Å². The fourth-order valence-corrected chi connectivity index (χ4v) is 0. The van der Waals surface area contributed by atoms with Crippen LogP contribution in [0.5, 0.6) is 0 Å². The summed E-state index contributed by atoms with van der Waals surface area (Å²) in [5.41, 5.74) is 0. The van der Waals surface area contributed by atoms with Gasteiger partial charge in [-0.2, -0.15) is 0 Å². The van der Waals surface area contributed by atoms with Gasteiger partial charge in [-0.25, -0.2) is 0 Å². The van der Waals surface area contributed by atoms with Gasteiger partial charge in [0.25, 0.3) is 0 Å². The molecule has 0 radical (unpaired) electrons. The van der Waals surface area contributed by atoms with Crippen molar-refractivity contribution >= 4 is 7.12 Å². The molecule has 0 aliphatic heterocycles. The molecule has 0 rings (SSSR count). The Hall–Kier alpha value is -0.0151. The van der Waals surface area contributed by atoms with Crippen molar-refractivity contribution < 1.29 is 10.0 Å². The van der Waals surface area contributed by atoms with Crippen molar-refractivity contribution in [2.24, 2.45) is 0 Å². The van der Waals surface area contributed by atoms with Crippen LogP contribution in [0.25, 0.3) is 0 Å². The maximum absolute atomic E-state index is 7.61. The molecule has 0 unspecified atom stereocenters. The van der Waals surface area contributed by atoms with Gasteiger partial charge in [-0.3, -0.25) is 0 Å². The highest BCUT2D eigenvalue weighted by molar-refractivity contribution is 6.38. The van der Waals surface area contributed by atoms with Gasteiger partial charge in [0.05, 0.1) is 0 Å². The molecule has 2 N–H and O–H groups in total. The predicted octanol–water partition coefficient (Wildman–Crippen LogP) is -0.275. The van der Waals surface area contributed by atoms with Crippen molar-refractivity contribution in [1.82, 2.24) is 0 Å². The second-order valence-corrected chi connectivity index (χ2v) is 0.632. The Labute approximate surface area is 32.6 Å². The molecule has 0 bridgehead atoms. The summed E-state index contributed by atoms with van der Waals surface area (Å²) in [5, 5.41) is 15.2. The van der Waals surface area contributed by atoms with Crippen molar-refractivity contribution in [3.8, 4) is 0 Å². The molecular formula is C2H9BO2. The van der Waals surface area contributed by atoms with Crippen LogP contribution < -0.4 is 0 Å². The largest absolute Gasteiger partial charge is 0.448 e. The topological polar surface area (TPSA) is 40.5 Å². The molecule has 0 aliphatic carbocycles. The molecule has 0 saturated heterocycles. The van der Waals surface area contributed by atoms with Gasteiger partial charge in [0.1, 0.15) is 0 Å². The van der Waals surface area contributed by atoms with Gasteiger partial charge < -0.3 is 10.0 Å². The van der Waals surface area contributed by atoms with Gasteiger partial charge in [-0.05, 0) is 6.82 Å². The van der Waals surface area contributed by atoms with Gasteiger partial charge in [-0.1, -0.05) is 7.43 Å². The highest BCUT2D eigenvalue weighted by Crippen LogP contribution is 1.51. The fraction of sp³-hybridized carbons (Fsp3) is 1.00. The van der Waals surface area contributed by atoms with Crippen LogP contribution in [-0.2, 0) is 0 Å². The van der Waals surface area contributed by atoms with E-state index in [0.29, 0.717) is 0 Å². The number of hydrogen-bond acceptors (Lipinski definition) is 2. The molecule has 0 aliphatic rings. The first kappa shape index (κ1) is 8.88. The second kappa shape index (κ2) is 3.98. The minimum absolute atomic E-state index is 0. The van der Waals surface area contributed by atoms with E-state index in [1.54, 1.807) is 0 Å². The molecule has 32 valence electrons. The molecule has 5 heavy (non-hydrogen) atoms. The van der Waals surface area contributed by atoms with Gasteiger partial charge in [-0.15, -0.1) is 0 Å². The van der Waals surface area contributed by atoms with Crippen LogP contribution in [0.15, 0.2) is 0 Å². The van der Waals surface area contributed by atoms with Crippen LogP contribution in [0, 0.1) is 0 Å². The normalized spacial score (nSPS) is 5.40. The van der Waals surface area contributed by atoms with Crippen molar-refractivity contribution in [2.75, 3.05) is 0 Å². The van der Waals surface area contributed by atoms with Crippen LogP contribution in [0.3, 0.4) is 0 Å². The highest BCUT2D eigenvalue weighted by Gasteiger charge is 1.86. The summed E-state index contributed by atoms with van der Waals surface area (Å²) in [4.78, 5) is 0. The lowest BCUT2D eigenvalue weighted by atomic mass is 9.99. The first-order valence-electron chi connectivity index (χ1n) is 1.09. The SMILES string of the molecule is C.CB(O)O. The first-order valence-corrected chi connectivity index (χ1v) is 1.09. The number of rotatable bonds is 0. The molecule has 0 atom stereocenters. The van der Waals surface area contributed by atoms with Crippen LogP contribution in [-0.4, -0.2) is 17.2 Å². The summed E-state index contributed by atoms with van der Waals surface area (Å²) in [6.07, 6.45) is 0. The summed E-state index contributed by atoms with van der Waals surface area (Å²) in [6.45, 7) is 1.28. The Morgan fingerprint density at radius 1 is 1.40 bits per heavy atom. The zero-order chi connectivity index (χ0) is 3.58. The Balaban J connectivity index is 0. The van der Waals surface area contributed by atoms with E-state index in [1.807, 2.05) is 0 Å². The lowest BCUT2D eigenvalue weighted by molar-refractivity contribution is 0.417. The molecule has 0 amide bonds. The molecule has 0 spiro atoms. The Morgan fingerprint density at radius 2 is 1.40 bits per heavy atom. The molecular weight excluding hydrogens is 66.8 g/mol. The van der Waals surface area contributed by atoms with E-state index in [-0.39, 0.29) is 7.43 Å². The Morgan fingerprint density at radius 3 is 1.40 bits per heavy atom. The van der Waals surface area contributed by atoms with E-state index in [4.69, 9.17) is 10.0 Å². The van der Waals surface area contributed by atoms with Gasteiger partial charge >= 0.3 is 7.12 Å². The lowest BCUT2D eigenvalue weighted by Gasteiger charge is -1.71. The van der Waals surface area contributed by atoms with Crippen molar-refractivity contribution in [3.63, 3.8) is 0 Å². The molecule has 0 fully saturated rings. The molecule has 0 aromatic carbocycles. The third-order valence-electron chi connectivity index (χ3n) is 0. The van der Waals surface area contributed by atoms with E-state index < -0.39 is 7.12 Å². The molecule has 2 nitrogen and oxygen atoms in total. The average Bonchev–Trinajstić information content (AvgIpc) is 0.811. The third kappa shape index (κ3) is 69200. The standard InChI is InChI=1S/CH5BO2.CH4/c1-2(3)4;/h3-4H,1H3;1H4. The molecule has 0 aromatic rings. The molecule has 0 saturated carbocycles. The smallest absolute Gasteiger partial charge is 0.427 e. The summed E-state index contributed by atoms with van der Waals surface area (Å²) < 4.78 is 0. The quantitative estimate of drug-likeness (QED) is 0.389. The number of hydrogen-bond donors (Lipinski definition) is 2. The minimum Gasteiger partial charge on any atom is -0.427 e. The Bertz CT molecular complexity index is 12.4. The molecule has 0 aromatic heterocycles. The maximum Gasteiger partial charge on any atom is 0.448 e. The van der Waals surface area contributed by atoms with Crippen LogP contribution >= 0.6 is 0 Å². The summed E-state index contributed by atoms with van der Waals surface area (Å²) >= 11 is 0. The van der Waals surface area contributed by atoms with Crippen molar-refractivity contribution in [2.45, 2.75) is 14.2 Å². The summed E-state index contributed by atoms with van der Waals surface area (Å²) in [7, 11) is -1.17. The Kier molecular flexibility index (Phi) is 7.08. The second-order valence-electron chi connectivity index (χ2n) is 0.632. The van der Waals surface area contributed by atoms with Crippen LogP contribution in [0.2, 0.25) is 6.82 Å². The summed E-state index contributed by atoms with van der Waals surface area (Å²) in [6, 6.07) is 0. The van der Waals surface area contributed by atoms with Crippen LogP contribution in [0.1, 0.15) is 7.43 Å². The van der Waals surface area contributed by atoms with E-state index in [2.05, 4.69) is 0 Å². The van der Waals surface area contributed by atoms with E-state index in [9.17, 15) is 0 Å². The maximum atomic E-state index is 7.61. The lowest BCUT2D eigenvalue weighted by Crippen LogP contribution is -2.00. The molecule has 3 heteroatoms. The van der Waals surface area contributed by atoms with Crippen LogP contribution in [0.4, 0.5) is 0 Å². The van der Waals surface area contributed by atoms with Gasteiger partial charge in [0.2, 0.25) is 0 Å².